The molecule has 0 radical (unpaired) electrons. The summed E-state index contributed by atoms with van der Waals surface area (Å²) in [7, 11) is 0. The Morgan fingerprint density at radius 3 is 1.68 bits per heavy atom. The van der Waals surface area contributed by atoms with Gasteiger partial charge in [0.05, 0.1) is 0 Å². The number of hydrogen-bond donors (Lipinski definition) is 0. The van der Waals surface area contributed by atoms with Crippen molar-refractivity contribution in [1.82, 2.24) is 0 Å². The van der Waals surface area contributed by atoms with Gasteiger partial charge in [0.1, 0.15) is 0 Å². The van der Waals surface area contributed by atoms with Crippen LogP contribution in [-0.2, 0) is 0 Å². The van der Waals surface area contributed by atoms with Gasteiger partial charge in [-0.2, -0.15) is 0 Å². The van der Waals surface area contributed by atoms with Crippen LogP contribution in [0.5, 0.6) is 0 Å². The summed E-state index contributed by atoms with van der Waals surface area (Å²) in [6.45, 7) is 11.7. The SMILES string of the molecule is CC(C)C(C)C(=O)c1ccc(C(=O)C(C)(C)C)cc1. The highest BCUT2D eigenvalue weighted by atomic mass is 16.1. The van der Waals surface area contributed by atoms with Crippen LogP contribution in [0.25, 0.3) is 0 Å². The van der Waals surface area contributed by atoms with Crippen molar-refractivity contribution in [3.05, 3.63) is 35.4 Å². The van der Waals surface area contributed by atoms with Crippen LogP contribution in [0.4, 0.5) is 0 Å². The molecule has 1 rings (SSSR count). The van der Waals surface area contributed by atoms with E-state index in [4.69, 9.17) is 0 Å². The van der Waals surface area contributed by atoms with Gasteiger partial charge in [-0.05, 0) is 5.92 Å². The predicted molar refractivity (Wildman–Crippen MR) is 78.6 cm³/mol. The summed E-state index contributed by atoms with van der Waals surface area (Å²) < 4.78 is 0. The quantitative estimate of drug-likeness (QED) is 0.752. The van der Waals surface area contributed by atoms with Crippen molar-refractivity contribution in [3.8, 4) is 0 Å². The number of carbonyl (C=O) groups is 2. The standard InChI is InChI=1S/C17H24O2/c1-11(2)12(3)15(18)13-7-9-14(10-8-13)16(19)17(4,5)6/h7-12H,1-6H3. The summed E-state index contributed by atoms with van der Waals surface area (Å²) in [5.41, 5.74) is 0.962. The van der Waals surface area contributed by atoms with Gasteiger partial charge in [0.25, 0.3) is 0 Å². The monoisotopic (exact) mass is 260 g/mol. The summed E-state index contributed by atoms with van der Waals surface area (Å²) >= 11 is 0. The zero-order valence-corrected chi connectivity index (χ0v) is 12.8. The Balaban J connectivity index is 2.95. The lowest BCUT2D eigenvalue weighted by Crippen LogP contribution is -2.20. The van der Waals surface area contributed by atoms with Crippen LogP contribution in [0.2, 0.25) is 0 Å². The summed E-state index contributed by atoms with van der Waals surface area (Å²) in [6, 6.07) is 7.04. The van der Waals surface area contributed by atoms with Gasteiger partial charge in [0.2, 0.25) is 0 Å². The Hall–Kier alpha value is -1.44. The second-order valence-electron chi connectivity index (χ2n) is 6.55. The van der Waals surface area contributed by atoms with E-state index in [2.05, 4.69) is 0 Å². The maximum atomic E-state index is 12.2. The van der Waals surface area contributed by atoms with Crippen LogP contribution in [0.1, 0.15) is 62.3 Å². The Morgan fingerprint density at radius 1 is 0.895 bits per heavy atom. The maximum Gasteiger partial charge on any atom is 0.168 e. The van der Waals surface area contributed by atoms with Crippen LogP contribution < -0.4 is 0 Å². The normalized spacial score (nSPS) is 13.4. The zero-order valence-electron chi connectivity index (χ0n) is 12.8. The lowest BCUT2D eigenvalue weighted by molar-refractivity contribution is 0.0855. The second kappa shape index (κ2) is 5.68. The third-order valence-electron chi connectivity index (χ3n) is 3.53. The molecule has 0 aliphatic heterocycles. The third-order valence-corrected chi connectivity index (χ3v) is 3.53. The molecule has 0 aliphatic rings. The average Bonchev–Trinajstić information content (AvgIpc) is 2.35. The number of benzene rings is 1. The van der Waals surface area contributed by atoms with Gasteiger partial charge in [-0.25, -0.2) is 0 Å². The molecule has 2 nitrogen and oxygen atoms in total. The molecule has 1 unspecified atom stereocenters. The molecule has 0 fully saturated rings. The molecular weight excluding hydrogens is 236 g/mol. The van der Waals surface area contributed by atoms with E-state index in [-0.39, 0.29) is 17.5 Å². The number of ketones is 2. The Bertz CT molecular complexity index is 461. The summed E-state index contributed by atoms with van der Waals surface area (Å²) in [5.74, 6) is 0.570. The minimum Gasteiger partial charge on any atom is -0.294 e. The number of hydrogen-bond acceptors (Lipinski definition) is 2. The van der Waals surface area contributed by atoms with Crippen LogP contribution in [-0.4, -0.2) is 11.6 Å². The summed E-state index contributed by atoms with van der Waals surface area (Å²) in [6.07, 6.45) is 0. The van der Waals surface area contributed by atoms with Crippen LogP contribution in [0.3, 0.4) is 0 Å². The van der Waals surface area contributed by atoms with Crippen LogP contribution in [0, 0.1) is 17.3 Å². The van der Waals surface area contributed by atoms with Crippen molar-refractivity contribution in [3.63, 3.8) is 0 Å². The molecule has 0 saturated carbocycles. The highest BCUT2D eigenvalue weighted by molar-refractivity contribution is 6.02. The molecule has 0 spiro atoms. The first-order valence-corrected chi connectivity index (χ1v) is 6.83. The van der Waals surface area contributed by atoms with Gasteiger partial charge in [-0.1, -0.05) is 65.8 Å². The van der Waals surface area contributed by atoms with Gasteiger partial charge in [-0.15, -0.1) is 0 Å². The first-order valence-electron chi connectivity index (χ1n) is 6.83. The van der Waals surface area contributed by atoms with Gasteiger partial charge in [-0.3, -0.25) is 9.59 Å². The average molecular weight is 260 g/mol. The first kappa shape index (κ1) is 15.6. The molecule has 1 aromatic rings. The molecule has 0 N–H and O–H groups in total. The fourth-order valence-corrected chi connectivity index (χ4v) is 1.78. The van der Waals surface area contributed by atoms with Gasteiger partial charge in [0, 0.05) is 22.5 Å². The zero-order chi connectivity index (χ0) is 14.8. The molecule has 1 aromatic carbocycles. The van der Waals surface area contributed by atoms with Crippen LogP contribution >= 0.6 is 0 Å². The summed E-state index contributed by atoms with van der Waals surface area (Å²) in [5, 5.41) is 0. The van der Waals surface area contributed by atoms with E-state index in [9.17, 15) is 9.59 Å². The number of rotatable bonds is 4. The second-order valence-corrected chi connectivity index (χ2v) is 6.55. The van der Waals surface area contributed by atoms with E-state index in [0.29, 0.717) is 17.0 Å². The first-order chi connectivity index (χ1) is 8.64. The molecular formula is C17H24O2. The van der Waals surface area contributed by atoms with E-state index in [1.165, 1.54) is 0 Å². The van der Waals surface area contributed by atoms with Gasteiger partial charge >= 0.3 is 0 Å². The molecule has 1 atom stereocenters. The third kappa shape index (κ3) is 3.76. The minimum atomic E-state index is -0.392. The molecule has 0 aliphatic carbocycles. The Morgan fingerprint density at radius 2 is 1.32 bits per heavy atom. The van der Waals surface area contributed by atoms with Crippen molar-refractivity contribution in [2.75, 3.05) is 0 Å². The molecule has 0 heterocycles. The van der Waals surface area contributed by atoms with Crippen molar-refractivity contribution < 1.29 is 9.59 Å². The Labute approximate surface area is 116 Å². The van der Waals surface area contributed by atoms with Crippen LogP contribution in [0.15, 0.2) is 24.3 Å². The molecule has 19 heavy (non-hydrogen) atoms. The van der Waals surface area contributed by atoms with E-state index in [0.717, 1.165) is 0 Å². The van der Waals surface area contributed by atoms with Crippen molar-refractivity contribution in [1.29, 1.82) is 0 Å². The Kier molecular flexibility index (Phi) is 4.67. The largest absolute Gasteiger partial charge is 0.294 e. The molecule has 0 saturated heterocycles. The topological polar surface area (TPSA) is 34.1 Å². The molecule has 0 aromatic heterocycles. The minimum absolute atomic E-state index is 0.00386. The van der Waals surface area contributed by atoms with E-state index >= 15 is 0 Å². The maximum absolute atomic E-state index is 12.2. The molecule has 2 heteroatoms. The summed E-state index contributed by atoms with van der Waals surface area (Å²) in [4.78, 5) is 24.3. The van der Waals surface area contributed by atoms with E-state index in [1.54, 1.807) is 24.3 Å². The predicted octanol–water partition coefficient (Wildman–Crippen LogP) is 4.39. The number of Topliss-reactive ketones (excluding diaryl/α,β-unsaturated/α-hetero) is 2. The highest BCUT2D eigenvalue weighted by Crippen LogP contribution is 2.22. The fraction of sp³-hybridized carbons (Fsp3) is 0.529. The van der Waals surface area contributed by atoms with E-state index in [1.807, 2.05) is 41.5 Å². The van der Waals surface area contributed by atoms with Crippen molar-refractivity contribution >= 4 is 11.6 Å². The highest BCUT2D eigenvalue weighted by Gasteiger charge is 2.23. The number of carbonyl (C=O) groups excluding carboxylic acids is 2. The van der Waals surface area contributed by atoms with Crippen molar-refractivity contribution in [2.24, 2.45) is 17.3 Å². The fourth-order valence-electron chi connectivity index (χ4n) is 1.78. The lowest BCUT2D eigenvalue weighted by atomic mass is 9.85. The molecule has 0 amide bonds. The van der Waals surface area contributed by atoms with Gasteiger partial charge in [0.15, 0.2) is 11.6 Å². The smallest absolute Gasteiger partial charge is 0.168 e. The lowest BCUT2D eigenvalue weighted by Gasteiger charge is -2.17. The molecule has 104 valence electrons. The van der Waals surface area contributed by atoms with Gasteiger partial charge < -0.3 is 0 Å². The molecule has 0 bridgehead atoms. The van der Waals surface area contributed by atoms with Crippen molar-refractivity contribution in [2.45, 2.75) is 41.5 Å². The van der Waals surface area contributed by atoms with E-state index < -0.39 is 5.41 Å².